The summed E-state index contributed by atoms with van der Waals surface area (Å²) in [6.07, 6.45) is 0.370. The molecule has 0 aliphatic rings. The summed E-state index contributed by atoms with van der Waals surface area (Å²) in [5.74, 6) is -0.910. The van der Waals surface area contributed by atoms with Crippen LogP contribution in [0.4, 0.5) is 0 Å². The fraction of sp³-hybridized carbons (Fsp3) is 0.500. The van der Waals surface area contributed by atoms with E-state index in [0.29, 0.717) is 6.42 Å². The van der Waals surface area contributed by atoms with Crippen molar-refractivity contribution in [3.63, 3.8) is 0 Å². The molecule has 1 aromatic carbocycles. The molecule has 1 aromatic rings. The lowest BCUT2D eigenvalue weighted by Gasteiger charge is -2.20. The molecule has 21 heavy (non-hydrogen) atoms. The number of primary amides is 1. The number of ether oxygens (including phenoxy) is 1. The highest BCUT2D eigenvalue weighted by molar-refractivity contribution is 5.87. The Morgan fingerprint density at radius 3 is 2.24 bits per heavy atom. The topological polar surface area (TPSA) is 81.4 Å². The molecule has 0 fully saturated rings. The zero-order chi connectivity index (χ0) is 16.0. The molecule has 5 heteroatoms. The van der Waals surface area contributed by atoms with Gasteiger partial charge in [-0.1, -0.05) is 45.0 Å². The Morgan fingerprint density at radius 2 is 1.81 bits per heavy atom. The molecule has 1 atom stereocenters. The first-order chi connectivity index (χ1) is 9.74. The van der Waals surface area contributed by atoms with Crippen LogP contribution >= 0.6 is 0 Å². The van der Waals surface area contributed by atoms with Gasteiger partial charge >= 0.3 is 0 Å². The largest absolute Gasteiger partial charge is 0.375 e. The number of rotatable bonds is 6. The maximum Gasteiger partial charge on any atom is 0.246 e. The molecule has 5 nitrogen and oxygen atoms in total. The van der Waals surface area contributed by atoms with Crippen molar-refractivity contribution in [3.8, 4) is 0 Å². The van der Waals surface area contributed by atoms with Crippen molar-refractivity contribution in [2.75, 3.05) is 13.7 Å². The first-order valence-corrected chi connectivity index (χ1v) is 6.91. The second kappa shape index (κ2) is 7.22. The number of benzene rings is 1. The summed E-state index contributed by atoms with van der Waals surface area (Å²) in [4.78, 5) is 22.9. The van der Waals surface area contributed by atoms with Gasteiger partial charge in [-0.15, -0.1) is 0 Å². The van der Waals surface area contributed by atoms with Gasteiger partial charge in [-0.25, -0.2) is 0 Å². The normalized spacial score (nSPS) is 12.8. The summed E-state index contributed by atoms with van der Waals surface area (Å²) in [5.41, 5.74) is 7.57. The van der Waals surface area contributed by atoms with Crippen molar-refractivity contribution in [1.29, 1.82) is 0 Å². The lowest BCUT2D eigenvalue weighted by atomic mass is 9.86. The summed E-state index contributed by atoms with van der Waals surface area (Å²) in [7, 11) is 1.42. The average molecular weight is 292 g/mol. The van der Waals surface area contributed by atoms with Crippen LogP contribution < -0.4 is 11.1 Å². The molecule has 0 heterocycles. The molecular weight excluding hydrogens is 268 g/mol. The Bertz CT molecular complexity index is 489. The van der Waals surface area contributed by atoms with Crippen molar-refractivity contribution >= 4 is 11.8 Å². The number of carbonyl (C=O) groups is 2. The maximum atomic E-state index is 11.5. The second-order valence-electron chi connectivity index (χ2n) is 6.11. The quantitative estimate of drug-likeness (QED) is 0.825. The van der Waals surface area contributed by atoms with Gasteiger partial charge in [0.25, 0.3) is 0 Å². The van der Waals surface area contributed by atoms with Crippen LogP contribution in [0.1, 0.15) is 31.9 Å². The first-order valence-electron chi connectivity index (χ1n) is 6.91. The van der Waals surface area contributed by atoms with E-state index in [1.807, 2.05) is 24.3 Å². The van der Waals surface area contributed by atoms with E-state index in [2.05, 4.69) is 26.1 Å². The number of nitrogens with one attached hydrogen (secondary N) is 1. The molecule has 116 valence electrons. The lowest BCUT2D eigenvalue weighted by Crippen LogP contribution is -2.47. The number of carbonyl (C=O) groups excluding carboxylic acids is 2. The van der Waals surface area contributed by atoms with Gasteiger partial charge in [0, 0.05) is 13.5 Å². The lowest BCUT2D eigenvalue weighted by molar-refractivity contribution is -0.129. The standard InChI is InChI=1S/C16H24N2O3/c1-16(2,3)12-7-5-11(6-8-12)9-13(15(17)20)18-14(19)10-21-4/h5-8,13H,9-10H2,1-4H3,(H2,17,20)(H,18,19)/t13-/m0/s1. The summed E-state index contributed by atoms with van der Waals surface area (Å²) < 4.78 is 4.72. The minimum Gasteiger partial charge on any atom is -0.375 e. The van der Waals surface area contributed by atoms with Gasteiger partial charge < -0.3 is 15.8 Å². The van der Waals surface area contributed by atoms with Crippen LogP contribution in [0, 0.1) is 0 Å². The Kier molecular flexibility index (Phi) is 5.90. The smallest absolute Gasteiger partial charge is 0.246 e. The molecule has 0 bridgehead atoms. The third-order valence-corrected chi connectivity index (χ3v) is 3.21. The second-order valence-corrected chi connectivity index (χ2v) is 6.11. The average Bonchev–Trinajstić information content (AvgIpc) is 2.37. The number of nitrogens with two attached hydrogens (primary N) is 1. The third kappa shape index (κ3) is 5.55. The highest BCUT2D eigenvalue weighted by Crippen LogP contribution is 2.22. The molecule has 0 unspecified atom stereocenters. The van der Waals surface area contributed by atoms with E-state index in [9.17, 15) is 9.59 Å². The molecule has 0 saturated carbocycles. The van der Waals surface area contributed by atoms with Crippen molar-refractivity contribution in [2.24, 2.45) is 5.73 Å². The van der Waals surface area contributed by atoms with Crippen LogP contribution in [-0.4, -0.2) is 31.6 Å². The summed E-state index contributed by atoms with van der Waals surface area (Å²) in [5, 5.41) is 2.57. The van der Waals surface area contributed by atoms with E-state index in [1.165, 1.54) is 12.7 Å². The first kappa shape index (κ1) is 17.2. The van der Waals surface area contributed by atoms with Gasteiger partial charge in [0.05, 0.1) is 0 Å². The Labute approximate surface area is 125 Å². The Balaban J connectivity index is 2.76. The molecule has 0 aliphatic heterocycles. The van der Waals surface area contributed by atoms with Crippen molar-refractivity contribution in [3.05, 3.63) is 35.4 Å². The van der Waals surface area contributed by atoms with Crippen LogP contribution in [0.2, 0.25) is 0 Å². The van der Waals surface area contributed by atoms with E-state index >= 15 is 0 Å². The predicted octanol–water partition coefficient (Wildman–Crippen LogP) is 1.14. The van der Waals surface area contributed by atoms with Crippen molar-refractivity contribution in [1.82, 2.24) is 5.32 Å². The number of hydrogen-bond acceptors (Lipinski definition) is 3. The molecule has 0 aromatic heterocycles. The van der Waals surface area contributed by atoms with Crippen LogP contribution in [-0.2, 0) is 26.2 Å². The Hall–Kier alpha value is -1.88. The minimum absolute atomic E-state index is 0.0777. The van der Waals surface area contributed by atoms with Gasteiger partial charge in [-0.2, -0.15) is 0 Å². The fourth-order valence-electron chi connectivity index (χ4n) is 1.97. The van der Waals surface area contributed by atoms with Gasteiger partial charge in [-0.05, 0) is 16.5 Å². The summed E-state index contributed by atoms with van der Waals surface area (Å²) in [6.45, 7) is 6.32. The van der Waals surface area contributed by atoms with E-state index in [4.69, 9.17) is 10.5 Å². The zero-order valence-electron chi connectivity index (χ0n) is 13.1. The van der Waals surface area contributed by atoms with Gasteiger partial charge in [0.2, 0.25) is 11.8 Å². The van der Waals surface area contributed by atoms with E-state index in [0.717, 1.165) is 5.56 Å². The highest BCUT2D eigenvalue weighted by atomic mass is 16.5. The molecule has 3 N–H and O–H groups in total. The third-order valence-electron chi connectivity index (χ3n) is 3.21. The monoisotopic (exact) mass is 292 g/mol. The van der Waals surface area contributed by atoms with Gasteiger partial charge in [-0.3, -0.25) is 9.59 Å². The van der Waals surface area contributed by atoms with Crippen molar-refractivity contribution < 1.29 is 14.3 Å². The number of hydrogen-bond donors (Lipinski definition) is 2. The van der Waals surface area contributed by atoms with Gasteiger partial charge in [0.1, 0.15) is 12.6 Å². The molecule has 0 aliphatic carbocycles. The molecule has 2 amide bonds. The van der Waals surface area contributed by atoms with Crippen LogP contribution in [0.15, 0.2) is 24.3 Å². The number of methoxy groups -OCH3 is 1. The SMILES string of the molecule is COCC(=O)N[C@@H](Cc1ccc(C(C)(C)C)cc1)C(N)=O. The highest BCUT2D eigenvalue weighted by Gasteiger charge is 2.19. The maximum absolute atomic E-state index is 11.5. The molecule has 0 saturated heterocycles. The fourth-order valence-corrected chi connectivity index (χ4v) is 1.97. The molecule has 0 radical (unpaired) electrons. The Morgan fingerprint density at radius 1 is 1.24 bits per heavy atom. The van der Waals surface area contributed by atoms with Crippen LogP contribution in [0.5, 0.6) is 0 Å². The molecule has 1 rings (SSSR count). The van der Waals surface area contributed by atoms with Crippen LogP contribution in [0.3, 0.4) is 0 Å². The van der Waals surface area contributed by atoms with E-state index in [-0.39, 0.29) is 17.9 Å². The summed E-state index contributed by atoms with van der Waals surface area (Å²) in [6, 6.07) is 7.25. The molecule has 0 spiro atoms. The summed E-state index contributed by atoms with van der Waals surface area (Å²) >= 11 is 0. The minimum atomic E-state index is -0.729. The van der Waals surface area contributed by atoms with E-state index in [1.54, 1.807) is 0 Å². The number of amides is 2. The predicted molar refractivity (Wildman–Crippen MR) is 81.8 cm³/mol. The van der Waals surface area contributed by atoms with Crippen molar-refractivity contribution in [2.45, 2.75) is 38.6 Å². The molecular formula is C16H24N2O3. The zero-order valence-corrected chi connectivity index (χ0v) is 13.1. The van der Waals surface area contributed by atoms with E-state index < -0.39 is 11.9 Å². The van der Waals surface area contributed by atoms with Crippen LogP contribution in [0.25, 0.3) is 0 Å². The van der Waals surface area contributed by atoms with Gasteiger partial charge in [0.15, 0.2) is 0 Å².